The molecule has 20 rings (SSSR count). The largest absolute Gasteiger partial charge is 0.465 e. The predicted octanol–water partition coefficient (Wildman–Crippen LogP) is 16.4. The van der Waals surface area contributed by atoms with E-state index in [-0.39, 0.29) is 6.61 Å². The highest BCUT2D eigenvalue weighted by Gasteiger charge is 2.24. The van der Waals surface area contributed by atoms with Gasteiger partial charge < -0.3 is 111 Å². The third-order valence-electron chi connectivity index (χ3n) is 22.2. The lowest BCUT2D eigenvalue weighted by molar-refractivity contribution is 0.311. The molecule has 5 aliphatic rings. The van der Waals surface area contributed by atoms with Gasteiger partial charge >= 0.3 is 0 Å². The first-order valence-corrected chi connectivity index (χ1v) is 48.6. The Labute approximate surface area is 856 Å². The van der Waals surface area contributed by atoms with Crippen LogP contribution in [-0.4, -0.2) is 221 Å². The fraction of sp³-hybridized carbons (Fsp3) is 0.245. The van der Waals surface area contributed by atoms with Crippen molar-refractivity contribution in [2.75, 3.05) is 186 Å². The molecule has 0 fully saturated rings. The molecule has 0 radical (unpaired) electrons. The Morgan fingerprint density at radius 2 is 0.500 bits per heavy atom. The molecule has 0 saturated carbocycles. The van der Waals surface area contributed by atoms with E-state index in [9.17, 15) is 0 Å². The van der Waals surface area contributed by atoms with Crippen LogP contribution >= 0.6 is 0 Å². The molecular formula is C106H118N36O6. The van der Waals surface area contributed by atoms with Crippen LogP contribution in [0.25, 0.3) is 27.9 Å². The Hall–Kier alpha value is -18.5. The molecule has 15 heterocycles. The lowest BCUT2D eigenvalue weighted by Crippen LogP contribution is -2.26. The van der Waals surface area contributed by atoms with Gasteiger partial charge in [0.1, 0.15) is 58.0 Å². The number of nitrogens with one attached hydrogen (secondary N) is 13. The van der Waals surface area contributed by atoms with Crippen molar-refractivity contribution in [2.45, 2.75) is 66.3 Å². The first kappa shape index (κ1) is 102. The van der Waals surface area contributed by atoms with Crippen LogP contribution in [0, 0.1) is 0 Å². The van der Waals surface area contributed by atoms with E-state index >= 15 is 0 Å². The van der Waals surface area contributed by atoms with Crippen molar-refractivity contribution in [3.05, 3.63) is 331 Å². The molecule has 0 amide bonds. The molecule has 5 aromatic carbocycles. The number of furan rings is 5. The minimum atomic E-state index is -0.0246. The third kappa shape index (κ3) is 31.8. The zero-order valence-electron chi connectivity index (χ0n) is 83.2. The number of aliphatic imine (C=N–C) groups is 5. The minimum absolute atomic E-state index is 0.0246. The van der Waals surface area contributed by atoms with E-state index in [4.69, 9.17) is 27.2 Å². The molecule has 148 heavy (non-hydrogen) atoms. The molecule has 0 saturated heterocycles. The molecule has 42 heteroatoms. The van der Waals surface area contributed by atoms with Gasteiger partial charge in [0.2, 0.25) is 89.2 Å². The van der Waals surface area contributed by atoms with Crippen LogP contribution in [0.4, 0.5) is 89.2 Å². The highest BCUT2D eigenvalue weighted by atomic mass is 16.3. The average molecular weight is 1990 g/mol. The molecule has 0 aliphatic carbocycles. The molecular weight excluding hydrogens is 1870 g/mol. The van der Waals surface area contributed by atoms with Crippen molar-refractivity contribution in [1.82, 2.24) is 79.7 Å². The molecule has 14 N–H and O–H groups in total. The van der Waals surface area contributed by atoms with Crippen molar-refractivity contribution in [3.63, 3.8) is 0 Å². The van der Waals surface area contributed by atoms with Crippen LogP contribution in [0.1, 0.15) is 90.2 Å². The van der Waals surface area contributed by atoms with E-state index in [1.807, 2.05) is 227 Å². The van der Waals surface area contributed by atoms with Gasteiger partial charge in [-0.1, -0.05) is 165 Å². The third-order valence-corrected chi connectivity index (χ3v) is 22.2. The summed E-state index contributed by atoms with van der Waals surface area (Å²) in [6.07, 6.45) is 20.1. The topological polar surface area (TPSA) is 507 Å². The Morgan fingerprint density at radius 3 is 0.750 bits per heavy atom. The van der Waals surface area contributed by atoms with Crippen LogP contribution < -0.4 is 78.9 Å². The summed E-state index contributed by atoms with van der Waals surface area (Å²) in [7, 11) is 7.83. The Bertz CT molecular complexity index is 7030. The van der Waals surface area contributed by atoms with Crippen LogP contribution in [0.5, 0.6) is 0 Å². The van der Waals surface area contributed by atoms with Crippen LogP contribution in [0.15, 0.2) is 321 Å². The summed E-state index contributed by atoms with van der Waals surface area (Å²) in [6, 6.07) is 69.4. The summed E-state index contributed by atoms with van der Waals surface area (Å²) < 4.78 is 27.2. The number of hydrogen-bond donors (Lipinski definition) is 14. The number of aromatic nitrogens is 15. The Kier molecular flexibility index (Phi) is 37.1. The fourth-order valence-corrected chi connectivity index (χ4v) is 14.6. The SMILES string of the molecule is CCCCNc1nc(NCc2ccccc2)nc(NC2=NCC(c3ccco3)=C2)n1.CCN(CC)c1nc(NCc2ccccc2)nc(NC2=NCC(c3ccco3)=C2)n1.CN(C)CCNc1nc(NCc2ccccc2)nc(NC2=NCC(c3ccco3)=C2)n1.CN(C)c1nc(NCc2ccccc2)nc(NC2=NCC(c3ccco3)=C2)n1.OCCNc1nc(NCc2ccccc2)nc(NC2=NCC(c3ccco3)=C2)n1. The Morgan fingerprint density at radius 1 is 0.264 bits per heavy atom. The maximum absolute atomic E-state index is 9.07. The van der Waals surface area contributed by atoms with Gasteiger partial charge in [0.15, 0.2) is 0 Å². The average Bonchev–Trinajstić information content (AvgIpc) is 1.67. The van der Waals surface area contributed by atoms with Crippen LogP contribution in [0.2, 0.25) is 0 Å². The molecule has 5 aliphatic heterocycles. The molecule has 0 spiro atoms. The van der Waals surface area contributed by atoms with Gasteiger partial charge in [-0.15, -0.1) is 0 Å². The smallest absolute Gasteiger partial charge is 0.234 e. The lowest BCUT2D eigenvalue weighted by Gasteiger charge is -2.19. The number of amidine groups is 5. The van der Waals surface area contributed by atoms with E-state index in [0.717, 1.165) is 130 Å². The van der Waals surface area contributed by atoms with Crippen LogP contribution in [-0.2, 0) is 32.7 Å². The summed E-state index contributed by atoms with van der Waals surface area (Å²) in [5, 5.41) is 50.7. The van der Waals surface area contributed by atoms with Gasteiger partial charge in [0.25, 0.3) is 0 Å². The minimum Gasteiger partial charge on any atom is -0.465 e. The number of unbranched alkanes of at least 4 members (excludes halogenated alkanes) is 1. The number of benzene rings is 5. The molecule has 15 aromatic rings. The van der Waals surface area contributed by atoms with Crippen LogP contribution in [0.3, 0.4) is 0 Å². The van der Waals surface area contributed by atoms with Gasteiger partial charge in [0, 0.05) is 114 Å². The fourth-order valence-electron chi connectivity index (χ4n) is 14.6. The summed E-state index contributed by atoms with van der Waals surface area (Å²) in [5.41, 5.74) is 10.7. The quantitative estimate of drug-likeness (QED) is 0.0159. The maximum atomic E-state index is 9.07. The molecule has 10 aromatic heterocycles. The van der Waals surface area contributed by atoms with Crippen molar-refractivity contribution in [2.24, 2.45) is 25.0 Å². The number of hydrogen-bond acceptors (Lipinski definition) is 42. The van der Waals surface area contributed by atoms with Crippen molar-refractivity contribution >= 4 is 146 Å². The van der Waals surface area contributed by atoms with E-state index < -0.39 is 0 Å². The van der Waals surface area contributed by atoms with Gasteiger partial charge in [-0.25, -0.2) is 0 Å². The standard InChI is InChI=1S/C22H26N8O.2C22H25N7O.C20H21N7O2.C20H21N7O/c1-30(2)11-10-23-20-27-21(25-14-16-7-4-3-5-8-16)29-22(28-20)26-19-13-17(15-24-19)18-9-6-12-31-18;1-3-29(4-2)22-27-20(24-14-16-9-6-5-7-10-16)26-21(28-22)25-19-13-17(15-23-19)18-11-8-12-30-18;1-2-3-11-23-20-27-21(25-14-16-8-5-4-6-9-16)29-22(28-20)26-19-13-17(15-24-19)18-10-7-12-30-18;28-9-8-21-18-25-19(23-12-14-5-2-1-3-6-14)27-20(26-18)24-17-11-15(13-22-17)16-7-4-10-29-16;1-27(2)20-25-18(22-12-14-7-4-3-5-8-14)24-19(26-20)23-17-11-15(13-21-17)16-9-6-10-28-16/h3-9,12-13H,10-11,14-15H2,1-2H3,(H3,23,24,25,26,27,28,29);5-13H,3-4,14-15H2,1-2H3,(H2,23,24,25,26,27,28);4-10,12-13H,2-3,11,14-15H2,1H3,(H3,23,24,25,26,27,28,29);1-7,10-11,28H,8-9,12-13H2,(H3,21,22,23,24,25,26,27);3-11H,12-13H2,1-2H3,(H2,21,22,23,24,25,26). The summed E-state index contributed by atoms with van der Waals surface area (Å²) >= 11 is 0. The number of anilines is 15. The van der Waals surface area contributed by atoms with Gasteiger partial charge in [-0.2, -0.15) is 74.8 Å². The molecule has 42 nitrogen and oxygen atoms in total. The van der Waals surface area contributed by atoms with E-state index in [1.165, 1.54) is 0 Å². The van der Waals surface area contributed by atoms with Crippen molar-refractivity contribution in [3.8, 4) is 0 Å². The second-order valence-corrected chi connectivity index (χ2v) is 33.8. The zero-order valence-corrected chi connectivity index (χ0v) is 83.2. The first-order valence-electron chi connectivity index (χ1n) is 48.6. The molecule has 0 atom stereocenters. The highest BCUT2D eigenvalue weighted by Crippen LogP contribution is 2.29. The number of likely N-dealkylation sites (N-methyl/N-ethyl adjacent to an activating group) is 1. The maximum Gasteiger partial charge on any atom is 0.234 e. The monoisotopic (exact) mass is 1990 g/mol. The summed E-state index contributed by atoms with van der Waals surface area (Å²) in [5.74, 6) is 14.6. The van der Waals surface area contributed by atoms with E-state index in [2.05, 4.69) is 248 Å². The normalized spacial score (nSPS) is 13.0. The van der Waals surface area contributed by atoms with Gasteiger partial charge in [0.05, 0.1) is 70.6 Å². The number of aliphatic hydroxyl groups excluding tert-OH is 1. The second kappa shape index (κ2) is 53.6. The first-order chi connectivity index (χ1) is 72.7. The number of rotatable bonds is 40. The lowest BCUT2D eigenvalue weighted by atomic mass is 10.2. The van der Waals surface area contributed by atoms with E-state index in [1.54, 1.807) is 31.3 Å². The van der Waals surface area contributed by atoms with E-state index in [0.29, 0.717) is 190 Å². The zero-order chi connectivity index (χ0) is 102. The number of nitrogens with zero attached hydrogens (tertiary/aromatic N) is 23. The van der Waals surface area contributed by atoms with Gasteiger partial charge in [-0.3, -0.25) is 25.0 Å². The predicted molar refractivity (Wildman–Crippen MR) is 585 cm³/mol. The second-order valence-electron chi connectivity index (χ2n) is 33.8. The molecule has 0 unspecified atom stereocenters. The molecule has 758 valence electrons. The summed E-state index contributed by atoms with van der Waals surface area (Å²) in [4.78, 5) is 95.8. The highest BCUT2D eigenvalue weighted by molar-refractivity contribution is 6.13. The summed E-state index contributed by atoms with van der Waals surface area (Å²) in [6.45, 7) is 16.4. The molecule has 0 bridgehead atoms. The van der Waals surface area contributed by atoms with Crippen molar-refractivity contribution < 1.29 is 27.2 Å². The Balaban J connectivity index is 0.000000132. The van der Waals surface area contributed by atoms with Crippen molar-refractivity contribution in [1.29, 1.82) is 0 Å². The van der Waals surface area contributed by atoms with Gasteiger partial charge in [-0.05, 0) is 153 Å². The number of aliphatic hydroxyl groups is 1.